The molecule has 0 amide bonds. The number of aromatic amines is 1. The largest absolute Gasteiger partial charge is 0.494 e. The maximum absolute atomic E-state index is 12.0. The van der Waals surface area contributed by atoms with E-state index >= 15 is 0 Å². The smallest absolute Gasteiger partial charge is 0.331 e. The number of aryl methyl sites for hydroxylation is 2. The molecular formula is C14H18N2O3S. The molecule has 1 atom stereocenters. The van der Waals surface area contributed by atoms with Crippen LogP contribution in [0.4, 0.5) is 0 Å². The number of rotatable bonds is 3. The number of hydrogen-bond acceptors (Lipinski definition) is 4. The first-order valence-electron chi connectivity index (χ1n) is 6.50. The summed E-state index contributed by atoms with van der Waals surface area (Å²) in [6, 6.07) is 1.68. The summed E-state index contributed by atoms with van der Waals surface area (Å²) in [7, 11) is 0. The summed E-state index contributed by atoms with van der Waals surface area (Å²) in [5.74, 6) is -0.239. The van der Waals surface area contributed by atoms with Gasteiger partial charge in [-0.3, -0.25) is 14.3 Å². The lowest BCUT2D eigenvalue weighted by molar-refractivity contribution is 0.382. The zero-order chi connectivity index (χ0) is 15.0. The van der Waals surface area contributed by atoms with Crippen molar-refractivity contribution in [1.82, 2.24) is 9.55 Å². The Morgan fingerprint density at radius 1 is 1.40 bits per heavy atom. The number of nitrogens with one attached hydrogen (secondary N) is 1. The summed E-state index contributed by atoms with van der Waals surface area (Å²) in [4.78, 5) is 28.2. The molecule has 0 aromatic carbocycles. The predicted molar refractivity (Wildman–Crippen MR) is 80.0 cm³/mol. The Labute approximate surface area is 120 Å². The van der Waals surface area contributed by atoms with Crippen molar-refractivity contribution < 1.29 is 5.11 Å². The number of aromatic nitrogens is 2. The minimum absolute atomic E-state index is 0.237. The number of H-pyrrole nitrogens is 1. The van der Waals surface area contributed by atoms with Gasteiger partial charge in [-0.25, -0.2) is 4.79 Å². The average Bonchev–Trinajstić information content (AvgIpc) is 2.68. The minimum Gasteiger partial charge on any atom is -0.494 e. The summed E-state index contributed by atoms with van der Waals surface area (Å²) in [6.45, 7) is 7.59. The Morgan fingerprint density at radius 2 is 2.05 bits per heavy atom. The monoisotopic (exact) mass is 294 g/mol. The number of aromatic hydroxyl groups is 1. The highest BCUT2D eigenvalue weighted by atomic mass is 32.1. The zero-order valence-corrected chi connectivity index (χ0v) is 12.8. The molecule has 2 aromatic rings. The van der Waals surface area contributed by atoms with Crippen molar-refractivity contribution in [3.8, 4) is 5.88 Å². The molecule has 2 N–H and O–H groups in total. The molecule has 108 valence electrons. The second kappa shape index (κ2) is 5.28. The van der Waals surface area contributed by atoms with Crippen LogP contribution in [-0.2, 0) is 6.42 Å². The van der Waals surface area contributed by atoms with Crippen LogP contribution in [0, 0.1) is 13.8 Å². The van der Waals surface area contributed by atoms with E-state index < -0.39 is 11.2 Å². The van der Waals surface area contributed by atoms with Gasteiger partial charge in [0.2, 0.25) is 5.88 Å². The number of nitrogens with zero attached hydrogens (tertiary/aromatic N) is 1. The molecule has 1 unspecified atom stereocenters. The second-order valence-electron chi connectivity index (χ2n) is 4.83. The first-order valence-corrected chi connectivity index (χ1v) is 7.32. The summed E-state index contributed by atoms with van der Waals surface area (Å²) < 4.78 is 1.24. The maximum atomic E-state index is 12.0. The Balaban J connectivity index is 2.67. The molecule has 20 heavy (non-hydrogen) atoms. The van der Waals surface area contributed by atoms with E-state index in [0.717, 1.165) is 15.3 Å². The molecule has 2 rings (SSSR count). The van der Waals surface area contributed by atoms with Crippen molar-refractivity contribution in [1.29, 1.82) is 0 Å². The third-order valence-electron chi connectivity index (χ3n) is 3.48. The van der Waals surface area contributed by atoms with Crippen molar-refractivity contribution >= 4 is 11.3 Å². The molecule has 0 aliphatic carbocycles. The molecule has 2 aromatic heterocycles. The first kappa shape index (κ1) is 14.6. The molecule has 0 radical (unpaired) electrons. The highest BCUT2D eigenvalue weighted by Crippen LogP contribution is 2.30. The molecule has 2 heterocycles. The van der Waals surface area contributed by atoms with Gasteiger partial charge in [0, 0.05) is 9.75 Å². The van der Waals surface area contributed by atoms with Crippen LogP contribution in [-0.4, -0.2) is 14.7 Å². The van der Waals surface area contributed by atoms with Crippen LogP contribution in [0.25, 0.3) is 0 Å². The zero-order valence-electron chi connectivity index (χ0n) is 12.0. The lowest BCUT2D eigenvalue weighted by Crippen LogP contribution is -2.34. The summed E-state index contributed by atoms with van der Waals surface area (Å²) in [6.07, 6.45) is 0.371. The van der Waals surface area contributed by atoms with Gasteiger partial charge in [0.15, 0.2) is 0 Å². The van der Waals surface area contributed by atoms with Gasteiger partial charge in [0.05, 0.1) is 11.6 Å². The van der Waals surface area contributed by atoms with E-state index in [1.807, 2.05) is 26.8 Å². The Kier molecular flexibility index (Phi) is 3.85. The summed E-state index contributed by atoms with van der Waals surface area (Å²) in [5.41, 5.74) is 0.122. The number of thiophene rings is 1. The van der Waals surface area contributed by atoms with E-state index in [9.17, 15) is 14.7 Å². The molecule has 5 nitrogen and oxygen atoms in total. The molecule has 0 aliphatic heterocycles. The minimum atomic E-state index is -0.583. The first-order chi connectivity index (χ1) is 9.36. The average molecular weight is 294 g/mol. The van der Waals surface area contributed by atoms with Gasteiger partial charge < -0.3 is 5.11 Å². The maximum Gasteiger partial charge on any atom is 0.331 e. The van der Waals surface area contributed by atoms with E-state index in [0.29, 0.717) is 6.42 Å². The van der Waals surface area contributed by atoms with Crippen LogP contribution in [0.5, 0.6) is 5.88 Å². The molecule has 0 saturated heterocycles. The fourth-order valence-electron chi connectivity index (χ4n) is 2.46. The summed E-state index contributed by atoms with van der Waals surface area (Å²) >= 11 is 1.65. The van der Waals surface area contributed by atoms with Crippen LogP contribution in [0.3, 0.4) is 0 Å². The third-order valence-corrected chi connectivity index (χ3v) is 4.46. The van der Waals surface area contributed by atoms with E-state index in [4.69, 9.17) is 0 Å². The fraction of sp³-hybridized carbons (Fsp3) is 0.429. The van der Waals surface area contributed by atoms with Crippen molar-refractivity contribution in [3.63, 3.8) is 0 Å². The molecule has 0 saturated carbocycles. The lowest BCUT2D eigenvalue weighted by atomic mass is 10.1. The van der Waals surface area contributed by atoms with Crippen LogP contribution in [0.2, 0.25) is 0 Å². The lowest BCUT2D eigenvalue weighted by Gasteiger charge is -2.17. The Morgan fingerprint density at radius 3 is 2.55 bits per heavy atom. The SMILES string of the molecule is CCc1c(O)n(C(C)c2cc(C)sc2C)c(=O)[nH]c1=O. The van der Waals surface area contributed by atoms with E-state index in [2.05, 4.69) is 4.98 Å². The van der Waals surface area contributed by atoms with Crippen LogP contribution >= 0.6 is 11.3 Å². The third kappa shape index (κ3) is 2.31. The van der Waals surface area contributed by atoms with Gasteiger partial charge >= 0.3 is 5.69 Å². The Bertz CT molecular complexity index is 755. The van der Waals surface area contributed by atoms with Gasteiger partial charge in [0.25, 0.3) is 5.56 Å². The molecule has 0 aliphatic rings. The fourth-order valence-corrected chi connectivity index (χ4v) is 3.47. The molecular weight excluding hydrogens is 276 g/mol. The van der Waals surface area contributed by atoms with Gasteiger partial charge in [-0.1, -0.05) is 6.92 Å². The van der Waals surface area contributed by atoms with E-state index in [1.54, 1.807) is 18.3 Å². The molecule has 0 spiro atoms. The predicted octanol–water partition coefficient (Wildman–Crippen LogP) is 2.09. The van der Waals surface area contributed by atoms with Crippen LogP contribution < -0.4 is 11.2 Å². The quantitative estimate of drug-likeness (QED) is 0.910. The van der Waals surface area contributed by atoms with Gasteiger partial charge in [0.1, 0.15) is 0 Å². The molecule has 6 heteroatoms. The molecule has 0 fully saturated rings. The van der Waals surface area contributed by atoms with Crippen LogP contribution in [0.15, 0.2) is 15.7 Å². The van der Waals surface area contributed by atoms with Crippen molar-refractivity contribution in [3.05, 3.63) is 47.8 Å². The molecule has 0 bridgehead atoms. The van der Waals surface area contributed by atoms with Crippen molar-refractivity contribution in [2.45, 2.75) is 40.2 Å². The van der Waals surface area contributed by atoms with Gasteiger partial charge in [-0.2, -0.15) is 0 Å². The second-order valence-corrected chi connectivity index (χ2v) is 6.29. The van der Waals surface area contributed by atoms with E-state index in [-0.39, 0.29) is 17.5 Å². The normalized spacial score (nSPS) is 12.6. The standard InChI is InChI=1S/C14H18N2O3S/c1-5-10-12(17)15-14(19)16(13(10)18)8(3)11-6-7(2)20-9(11)4/h6,8,18H,5H2,1-4H3,(H,15,17,19). The van der Waals surface area contributed by atoms with Crippen LogP contribution in [0.1, 0.15) is 40.8 Å². The topological polar surface area (TPSA) is 75.1 Å². The van der Waals surface area contributed by atoms with Crippen molar-refractivity contribution in [2.24, 2.45) is 0 Å². The van der Waals surface area contributed by atoms with Crippen molar-refractivity contribution in [2.75, 3.05) is 0 Å². The van der Waals surface area contributed by atoms with E-state index in [1.165, 1.54) is 4.57 Å². The Hall–Kier alpha value is -1.82. The van der Waals surface area contributed by atoms with Gasteiger partial charge in [-0.05, 0) is 38.8 Å². The number of hydrogen-bond donors (Lipinski definition) is 2. The highest BCUT2D eigenvalue weighted by Gasteiger charge is 2.20. The summed E-state index contributed by atoms with van der Waals surface area (Å²) in [5, 5.41) is 10.2. The van der Waals surface area contributed by atoms with Gasteiger partial charge in [-0.15, -0.1) is 11.3 Å². The highest BCUT2D eigenvalue weighted by molar-refractivity contribution is 7.12.